The van der Waals surface area contributed by atoms with E-state index >= 15 is 0 Å². The normalized spacial score (nSPS) is 18.6. The van der Waals surface area contributed by atoms with Gasteiger partial charge in [0.15, 0.2) is 0 Å². The molecule has 1 aromatic heterocycles. The van der Waals surface area contributed by atoms with Crippen molar-refractivity contribution in [3.05, 3.63) is 78.1 Å². The van der Waals surface area contributed by atoms with E-state index in [-0.39, 0.29) is 6.03 Å². The molecule has 0 bridgehead atoms. The van der Waals surface area contributed by atoms with Crippen molar-refractivity contribution < 1.29 is 9.90 Å². The van der Waals surface area contributed by atoms with Crippen molar-refractivity contribution in [2.45, 2.75) is 18.6 Å². The summed E-state index contributed by atoms with van der Waals surface area (Å²) in [4.78, 5) is 12.4. The van der Waals surface area contributed by atoms with Crippen LogP contribution in [-0.2, 0) is 6.42 Å². The third-order valence-corrected chi connectivity index (χ3v) is 4.36. The molecule has 6 nitrogen and oxygen atoms in total. The number of hydrogen-bond acceptors (Lipinski definition) is 3. The van der Waals surface area contributed by atoms with Gasteiger partial charge in [-0.2, -0.15) is 5.10 Å². The minimum absolute atomic E-state index is 0.349. The minimum atomic E-state index is -0.612. The van der Waals surface area contributed by atoms with Gasteiger partial charge in [0.1, 0.15) is 0 Å². The highest BCUT2D eigenvalue weighted by molar-refractivity contribution is 5.90. The number of anilines is 1. The van der Waals surface area contributed by atoms with Gasteiger partial charge in [-0.15, -0.1) is 0 Å². The number of urea groups is 1. The fraction of sp³-hybridized carbons (Fsp3) is 0.158. The van der Waals surface area contributed by atoms with Crippen LogP contribution in [0.2, 0.25) is 0 Å². The summed E-state index contributed by atoms with van der Waals surface area (Å²) in [7, 11) is 0. The largest absolute Gasteiger partial charge is 0.390 e. The van der Waals surface area contributed by atoms with Gasteiger partial charge in [0.2, 0.25) is 0 Å². The maximum absolute atomic E-state index is 12.4. The summed E-state index contributed by atoms with van der Waals surface area (Å²) in [5, 5.41) is 20.1. The molecule has 1 aliphatic carbocycles. The molecule has 1 aliphatic rings. The Morgan fingerprint density at radius 3 is 2.88 bits per heavy atom. The zero-order valence-electron chi connectivity index (χ0n) is 13.5. The van der Waals surface area contributed by atoms with Crippen molar-refractivity contribution in [3.8, 4) is 5.69 Å². The molecule has 4 rings (SSSR count). The Bertz CT molecular complexity index is 892. The fourth-order valence-electron chi connectivity index (χ4n) is 3.20. The van der Waals surface area contributed by atoms with Crippen molar-refractivity contribution in [1.82, 2.24) is 15.1 Å². The molecule has 6 heteroatoms. The van der Waals surface area contributed by atoms with Crippen LogP contribution in [0.25, 0.3) is 5.69 Å². The molecule has 2 amide bonds. The summed E-state index contributed by atoms with van der Waals surface area (Å²) in [6, 6.07) is 16.3. The van der Waals surface area contributed by atoms with Crippen LogP contribution >= 0.6 is 0 Å². The Hall–Kier alpha value is -3.12. The van der Waals surface area contributed by atoms with Gasteiger partial charge in [-0.25, -0.2) is 9.48 Å². The fourth-order valence-corrected chi connectivity index (χ4v) is 3.20. The number of amides is 2. The molecule has 3 N–H and O–H groups in total. The van der Waals surface area contributed by atoms with E-state index in [2.05, 4.69) is 15.7 Å². The molecular formula is C19H18N4O2. The molecule has 25 heavy (non-hydrogen) atoms. The highest BCUT2D eigenvalue weighted by Gasteiger charge is 2.31. The number of carbonyl (C=O) groups is 1. The van der Waals surface area contributed by atoms with Crippen molar-refractivity contribution in [2.24, 2.45) is 0 Å². The molecule has 0 saturated heterocycles. The van der Waals surface area contributed by atoms with Crippen LogP contribution in [0.4, 0.5) is 10.5 Å². The SMILES string of the molecule is O=C(Nc1cccc(-n2cccn2)c1)N[C@H]1c2ccccc2C[C@H]1O. The van der Waals surface area contributed by atoms with Crippen LogP contribution in [0.3, 0.4) is 0 Å². The van der Waals surface area contributed by atoms with Crippen LogP contribution in [0.15, 0.2) is 67.0 Å². The number of nitrogens with zero attached hydrogens (tertiary/aromatic N) is 2. The topological polar surface area (TPSA) is 79.2 Å². The second-order valence-corrected chi connectivity index (χ2v) is 6.05. The zero-order chi connectivity index (χ0) is 17.2. The molecular weight excluding hydrogens is 316 g/mol. The molecule has 0 radical (unpaired) electrons. The smallest absolute Gasteiger partial charge is 0.319 e. The number of benzene rings is 2. The first-order valence-corrected chi connectivity index (χ1v) is 8.14. The van der Waals surface area contributed by atoms with Crippen LogP contribution in [0, 0.1) is 0 Å². The Morgan fingerprint density at radius 2 is 2.04 bits per heavy atom. The van der Waals surface area contributed by atoms with Gasteiger partial charge >= 0.3 is 6.03 Å². The molecule has 0 spiro atoms. The summed E-state index contributed by atoms with van der Waals surface area (Å²) in [6.07, 6.45) is 3.48. The molecule has 0 saturated carbocycles. The van der Waals surface area contributed by atoms with Crippen LogP contribution in [0.1, 0.15) is 17.2 Å². The first kappa shape index (κ1) is 15.4. The highest BCUT2D eigenvalue weighted by Crippen LogP contribution is 2.31. The lowest BCUT2D eigenvalue weighted by Gasteiger charge is -2.18. The third-order valence-electron chi connectivity index (χ3n) is 4.36. The molecule has 0 unspecified atom stereocenters. The van der Waals surface area contributed by atoms with Gasteiger partial charge in [0, 0.05) is 24.5 Å². The van der Waals surface area contributed by atoms with Crippen LogP contribution in [0.5, 0.6) is 0 Å². The number of hydrogen-bond donors (Lipinski definition) is 3. The van der Waals surface area contributed by atoms with E-state index < -0.39 is 12.1 Å². The Morgan fingerprint density at radius 1 is 1.16 bits per heavy atom. The number of aliphatic hydroxyl groups is 1. The first-order valence-electron chi connectivity index (χ1n) is 8.14. The Balaban J connectivity index is 1.47. The van der Waals surface area contributed by atoms with Crippen molar-refractivity contribution in [1.29, 1.82) is 0 Å². The lowest BCUT2D eigenvalue weighted by atomic mass is 10.1. The van der Waals surface area contributed by atoms with Crippen molar-refractivity contribution in [3.63, 3.8) is 0 Å². The van der Waals surface area contributed by atoms with Crippen LogP contribution in [-0.4, -0.2) is 27.0 Å². The highest BCUT2D eigenvalue weighted by atomic mass is 16.3. The van der Waals surface area contributed by atoms with Gasteiger partial charge in [0.05, 0.1) is 17.8 Å². The predicted octanol–water partition coefficient (Wildman–Crippen LogP) is 2.65. The summed E-state index contributed by atoms with van der Waals surface area (Å²) in [6.45, 7) is 0. The lowest BCUT2D eigenvalue weighted by Crippen LogP contribution is -2.36. The van der Waals surface area contributed by atoms with E-state index in [4.69, 9.17) is 0 Å². The number of aliphatic hydroxyl groups excluding tert-OH is 1. The summed E-state index contributed by atoms with van der Waals surface area (Å²) in [5.74, 6) is 0. The van der Waals surface area contributed by atoms with Crippen molar-refractivity contribution in [2.75, 3.05) is 5.32 Å². The summed E-state index contributed by atoms with van der Waals surface area (Å²) in [5.41, 5.74) is 3.55. The third kappa shape index (κ3) is 3.12. The second-order valence-electron chi connectivity index (χ2n) is 6.05. The maximum Gasteiger partial charge on any atom is 0.319 e. The molecule has 3 aromatic rings. The first-order chi connectivity index (χ1) is 12.2. The Kier molecular flexibility index (Phi) is 3.95. The molecule has 2 atom stereocenters. The van der Waals surface area contributed by atoms with E-state index in [1.165, 1.54) is 0 Å². The number of carbonyl (C=O) groups excluding carboxylic acids is 1. The van der Waals surface area contributed by atoms with Crippen molar-refractivity contribution >= 4 is 11.7 Å². The molecule has 0 aliphatic heterocycles. The number of rotatable bonds is 3. The second kappa shape index (κ2) is 6.41. The van der Waals surface area contributed by atoms with E-state index in [0.29, 0.717) is 12.1 Å². The number of fused-ring (bicyclic) bond motifs is 1. The van der Waals surface area contributed by atoms with Gasteiger partial charge in [-0.1, -0.05) is 30.3 Å². The van der Waals surface area contributed by atoms with E-state index in [1.807, 2.05) is 60.8 Å². The number of nitrogens with one attached hydrogen (secondary N) is 2. The van der Waals surface area contributed by atoms with Gasteiger partial charge < -0.3 is 15.7 Å². The summed E-state index contributed by atoms with van der Waals surface area (Å²) >= 11 is 0. The molecule has 2 aromatic carbocycles. The summed E-state index contributed by atoms with van der Waals surface area (Å²) < 4.78 is 1.72. The quantitative estimate of drug-likeness (QED) is 0.689. The molecule has 1 heterocycles. The van der Waals surface area contributed by atoms with E-state index in [9.17, 15) is 9.90 Å². The average Bonchev–Trinajstić information content (AvgIpc) is 3.24. The Labute approximate surface area is 145 Å². The maximum atomic E-state index is 12.4. The van der Waals surface area contributed by atoms with Gasteiger partial charge in [-0.05, 0) is 35.4 Å². The van der Waals surface area contributed by atoms with E-state index in [1.54, 1.807) is 10.9 Å². The minimum Gasteiger partial charge on any atom is -0.390 e. The predicted molar refractivity (Wildman–Crippen MR) is 94.6 cm³/mol. The van der Waals surface area contributed by atoms with Gasteiger partial charge in [0.25, 0.3) is 0 Å². The molecule has 126 valence electrons. The lowest BCUT2D eigenvalue weighted by molar-refractivity contribution is 0.144. The number of aromatic nitrogens is 2. The standard InChI is InChI=1S/C19H18N4O2/c24-17-11-13-5-1-2-8-16(13)18(17)22-19(25)21-14-6-3-7-15(12-14)23-10-4-9-20-23/h1-10,12,17-18,24H,11H2,(H2,21,22,25)/t17-,18+/m1/s1. The molecule has 0 fully saturated rings. The average molecular weight is 334 g/mol. The van der Waals surface area contributed by atoms with Gasteiger partial charge in [-0.3, -0.25) is 0 Å². The van der Waals surface area contributed by atoms with E-state index in [0.717, 1.165) is 16.8 Å². The zero-order valence-corrected chi connectivity index (χ0v) is 13.5. The van der Waals surface area contributed by atoms with Crippen LogP contribution < -0.4 is 10.6 Å². The monoisotopic (exact) mass is 334 g/mol.